The second-order valence-corrected chi connectivity index (χ2v) is 6.05. The van der Waals surface area contributed by atoms with Gasteiger partial charge in [0.25, 0.3) is 0 Å². The Morgan fingerprint density at radius 3 is 2.63 bits per heavy atom. The zero-order valence-corrected chi connectivity index (χ0v) is 11.9. The largest absolute Gasteiger partial charge is 0.349 e. The Balaban J connectivity index is 2.68. The molecule has 0 spiro atoms. The highest BCUT2D eigenvalue weighted by molar-refractivity contribution is 7.89. The fourth-order valence-electron chi connectivity index (χ4n) is 1.44. The van der Waals surface area contributed by atoms with Crippen LogP contribution in [0.25, 0.3) is 0 Å². The molecule has 0 atom stereocenters. The number of carbonyl (C=O) groups excluding carboxylic acids is 1. The van der Waals surface area contributed by atoms with Crippen molar-refractivity contribution in [2.45, 2.75) is 17.9 Å². The van der Waals surface area contributed by atoms with E-state index in [0.717, 1.165) is 5.56 Å². The molecule has 0 aromatic heterocycles. The first-order valence-electron chi connectivity index (χ1n) is 5.85. The number of carbonyl (C=O) groups is 1. The Labute approximate surface area is 113 Å². The van der Waals surface area contributed by atoms with E-state index in [-0.39, 0.29) is 30.3 Å². The van der Waals surface area contributed by atoms with Crippen molar-refractivity contribution in [2.75, 3.05) is 20.6 Å². The van der Waals surface area contributed by atoms with Crippen LogP contribution in [0.15, 0.2) is 29.2 Å². The van der Waals surface area contributed by atoms with Crippen molar-refractivity contribution < 1.29 is 13.2 Å². The van der Waals surface area contributed by atoms with Crippen LogP contribution < -0.4 is 10.5 Å². The molecule has 106 valence electrons. The fourth-order valence-corrected chi connectivity index (χ4v) is 2.54. The molecule has 1 aromatic rings. The molecule has 0 saturated heterocycles. The maximum atomic E-state index is 12.0. The lowest BCUT2D eigenvalue weighted by molar-refractivity contribution is -0.128. The molecule has 1 rings (SSSR count). The highest BCUT2D eigenvalue weighted by Crippen LogP contribution is 2.10. The molecular weight excluding hydrogens is 266 g/mol. The van der Waals surface area contributed by atoms with Crippen LogP contribution in [0.1, 0.15) is 12.0 Å². The summed E-state index contributed by atoms with van der Waals surface area (Å²) >= 11 is 0. The fraction of sp³-hybridized carbons (Fsp3) is 0.417. The molecule has 3 N–H and O–H groups in total. The molecule has 0 saturated carbocycles. The summed E-state index contributed by atoms with van der Waals surface area (Å²) in [6.45, 7) is 0.356. The highest BCUT2D eigenvalue weighted by atomic mass is 32.2. The number of nitrogens with two attached hydrogens (primary N) is 1. The van der Waals surface area contributed by atoms with Crippen molar-refractivity contribution in [1.82, 2.24) is 9.62 Å². The van der Waals surface area contributed by atoms with Crippen LogP contribution in [0.5, 0.6) is 0 Å². The van der Waals surface area contributed by atoms with Crippen LogP contribution >= 0.6 is 0 Å². The van der Waals surface area contributed by atoms with Gasteiger partial charge in [0, 0.05) is 33.6 Å². The lowest BCUT2D eigenvalue weighted by atomic mass is 10.2. The van der Waals surface area contributed by atoms with E-state index in [1.807, 2.05) is 0 Å². The zero-order chi connectivity index (χ0) is 14.5. The first-order chi connectivity index (χ1) is 8.86. The zero-order valence-electron chi connectivity index (χ0n) is 11.1. The van der Waals surface area contributed by atoms with Gasteiger partial charge in [-0.05, 0) is 17.7 Å². The minimum absolute atomic E-state index is 0.0756. The summed E-state index contributed by atoms with van der Waals surface area (Å²) in [7, 11) is -0.337. The van der Waals surface area contributed by atoms with Crippen molar-refractivity contribution in [1.29, 1.82) is 0 Å². The molecule has 1 amide bonds. The summed E-state index contributed by atoms with van der Waals surface area (Å²) in [4.78, 5) is 12.9. The number of nitrogens with one attached hydrogen (secondary N) is 1. The number of nitrogens with zero attached hydrogens (tertiary/aromatic N) is 1. The monoisotopic (exact) mass is 285 g/mol. The van der Waals surface area contributed by atoms with Crippen molar-refractivity contribution in [2.24, 2.45) is 5.73 Å². The Morgan fingerprint density at radius 2 is 2.05 bits per heavy atom. The van der Waals surface area contributed by atoms with E-state index < -0.39 is 10.0 Å². The van der Waals surface area contributed by atoms with Gasteiger partial charge in [-0.1, -0.05) is 12.1 Å². The van der Waals surface area contributed by atoms with E-state index in [1.54, 1.807) is 26.2 Å². The van der Waals surface area contributed by atoms with Crippen molar-refractivity contribution in [3.8, 4) is 0 Å². The van der Waals surface area contributed by atoms with Gasteiger partial charge >= 0.3 is 0 Å². The number of amides is 1. The quantitative estimate of drug-likeness (QED) is 0.763. The highest BCUT2D eigenvalue weighted by Gasteiger charge is 2.14. The molecule has 0 fully saturated rings. The molecule has 0 radical (unpaired) electrons. The molecule has 19 heavy (non-hydrogen) atoms. The summed E-state index contributed by atoms with van der Waals surface area (Å²) in [5.74, 6) is -0.126. The maximum absolute atomic E-state index is 12.0. The molecule has 0 aliphatic heterocycles. The Kier molecular flexibility index (Phi) is 5.46. The van der Waals surface area contributed by atoms with Gasteiger partial charge in [-0.15, -0.1) is 0 Å². The smallest absolute Gasteiger partial charge is 0.240 e. The Hall–Kier alpha value is -1.44. The molecule has 0 aliphatic rings. The predicted octanol–water partition coefficient (Wildman–Crippen LogP) is -0.0981. The van der Waals surface area contributed by atoms with Crippen LogP contribution in [0.3, 0.4) is 0 Å². The molecule has 0 aliphatic carbocycles. The van der Waals surface area contributed by atoms with Gasteiger partial charge in [0.15, 0.2) is 0 Å². The molecule has 7 heteroatoms. The van der Waals surface area contributed by atoms with Crippen LogP contribution in [0.2, 0.25) is 0 Å². The lowest BCUT2D eigenvalue weighted by Gasteiger charge is -2.11. The molecular formula is C12H19N3O3S. The van der Waals surface area contributed by atoms with Crippen LogP contribution in [-0.2, 0) is 21.4 Å². The number of sulfonamides is 1. The van der Waals surface area contributed by atoms with Crippen LogP contribution in [0.4, 0.5) is 0 Å². The number of benzene rings is 1. The number of hydrogen-bond acceptors (Lipinski definition) is 4. The Morgan fingerprint density at radius 1 is 1.37 bits per heavy atom. The van der Waals surface area contributed by atoms with Crippen LogP contribution in [0, 0.1) is 0 Å². The summed E-state index contributed by atoms with van der Waals surface area (Å²) in [5.41, 5.74) is 6.21. The van der Waals surface area contributed by atoms with Gasteiger partial charge in [0.2, 0.25) is 15.9 Å². The summed E-state index contributed by atoms with van der Waals surface area (Å²) in [5, 5.41) is 0. The third kappa shape index (κ3) is 4.62. The maximum Gasteiger partial charge on any atom is 0.240 e. The molecule has 6 nitrogen and oxygen atoms in total. The van der Waals surface area contributed by atoms with E-state index >= 15 is 0 Å². The van der Waals surface area contributed by atoms with E-state index in [4.69, 9.17) is 5.73 Å². The van der Waals surface area contributed by atoms with Gasteiger partial charge < -0.3 is 10.6 Å². The minimum Gasteiger partial charge on any atom is -0.349 e. The third-order valence-corrected chi connectivity index (χ3v) is 4.03. The summed E-state index contributed by atoms with van der Waals surface area (Å²) < 4.78 is 26.3. The van der Waals surface area contributed by atoms with Crippen molar-refractivity contribution in [3.63, 3.8) is 0 Å². The van der Waals surface area contributed by atoms with Crippen molar-refractivity contribution in [3.05, 3.63) is 29.8 Å². The third-order valence-electron chi connectivity index (χ3n) is 2.57. The average Bonchev–Trinajstić information content (AvgIpc) is 2.38. The summed E-state index contributed by atoms with van der Waals surface area (Å²) in [6.07, 6.45) is 0.128. The summed E-state index contributed by atoms with van der Waals surface area (Å²) in [6, 6.07) is 6.42. The van der Waals surface area contributed by atoms with Gasteiger partial charge in [-0.3, -0.25) is 4.79 Å². The number of hydrogen-bond donors (Lipinski definition) is 2. The molecule has 0 heterocycles. The molecule has 0 bridgehead atoms. The average molecular weight is 285 g/mol. The van der Waals surface area contributed by atoms with E-state index in [2.05, 4.69) is 4.72 Å². The lowest BCUT2D eigenvalue weighted by Crippen LogP contribution is -2.30. The van der Waals surface area contributed by atoms with Gasteiger partial charge in [0.05, 0.1) is 4.90 Å². The van der Waals surface area contributed by atoms with E-state index in [0.29, 0.717) is 0 Å². The van der Waals surface area contributed by atoms with Crippen molar-refractivity contribution >= 4 is 15.9 Å². The second kappa shape index (κ2) is 6.65. The SMILES string of the molecule is CN(C)C(=O)CCNS(=O)(=O)c1cccc(CN)c1. The topological polar surface area (TPSA) is 92.5 Å². The van der Waals surface area contributed by atoms with Gasteiger partial charge in [-0.2, -0.15) is 0 Å². The molecule has 0 unspecified atom stereocenters. The Bertz CT molecular complexity index is 541. The van der Waals surface area contributed by atoms with Gasteiger partial charge in [0.1, 0.15) is 0 Å². The standard InChI is InChI=1S/C12H19N3O3S/c1-15(2)12(16)6-7-14-19(17,18)11-5-3-4-10(8-11)9-13/h3-5,8,14H,6-7,9,13H2,1-2H3. The van der Waals surface area contributed by atoms with E-state index in [9.17, 15) is 13.2 Å². The molecule has 1 aromatic carbocycles. The minimum atomic E-state index is -3.59. The van der Waals surface area contributed by atoms with E-state index in [1.165, 1.54) is 17.0 Å². The normalized spacial score (nSPS) is 11.3. The van der Waals surface area contributed by atoms with Crippen LogP contribution in [-0.4, -0.2) is 39.9 Å². The second-order valence-electron chi connectivity index (χ2n) is 4.29. The van der Waals surface area contributed by atoms with Gasteiger partial charge in [-0.25, -0.2) is 13.1 Å². The first kappa shape index (κ1) is 15.6. The number of rotatable bonds is 6. The first-order valence-corrected chi connectivity index (χ1v) is 7.34. The predicted molar refractivity (Wildman–Crippen MR) is 72.8 cm³/mol.